The van der Waals surface area contributed by atoms with Crippen LogP contribution in [0, 0.1) is 6.92 Å². The summed E-state index contributed by atoms with van der Waals surface area (Å²) in [5.74, 6) is 0.513. The molecule has 1 amide bonds. The minimum absolute atomic E-state index is 0.132. The number of ether oxygens (including phenoxy) is 1. The van der Waals surface area contributed by atoms with Crippen molar-refractivity contribution >= 4 is 15.9 Å². The lowest BCUT2D eigenvalue weighted by Crippen LogP contribution is -2.53. The summed E-state index contributed by atoms with van der Waals surface area (Å²) >= 11 is 0. The molecule has 0 saturated carbocycles. The van der Waals surface area contributed by atoms with Crippen LogP contribution in [0.3, 0.4) is 0 Å². The number of aryl methyl sites for hydroxylation is 1. The molecule has 0 radical (unpaired) electrons. The number of hydrogen-bond donors (Lipinski definition) is 0. The van der Waals surface area contributed by atoms with E-state index in [4.69, 9.17) is 4.74 Å². The average Bonchev–Trinajstić information content (AvgIpc) is 2.70. The lowest BCUT2D eigenvalue weighted by molar-refractivity contribution is -0.139. The lowest BCUT2D eigenvalue weighted by atomic mass is 10.2. The van der Waals surface area contributed by atoms with E-state index >= 15 is 0 Å². The number of hydrogen-bond acceptors (Lipinski definition) is 4. The summed E-state index contributed by atoms with van der Waals surface area (Å²) in [6.07, 6.45) is -0.620. The second-order valence-electron chi connectivity index (χ2n) is 6.62. The summed E-state index contributed by atoms with van der Waals surface area (Å²) in [5, 5.41) is 0. The first kappa shape index (κ1) is 19.4. The normalized spacial score (nSPS) is 16.7. The summed E-state index contributed by atoms with van der Waals surface area (Å²) in [4.78, 5) is 14.6. The molecular formula is C20H24N2O4S. The molecular weight excluding hydrogens is 364 g/mol. The Morgan fingerprint density at radius 1 is 0.963 bits per heavy atom. The van der Waals surface area contributed by atoms with E-state index in [2.05, 4.69) is 0 Å². The van der Waals surface area contributed by atoms with Crippen LogP contribution < -0.4 is 4.74 Å². The van der Waals surface area contributed by atoms with E-state index < -0.39 is 16.1 Å². The lowest BCUT2D eigenvalue weighted by Gasteiger charge is -2.35. The molecule has 1 unspecified atom stereocenters. The third-order valence-corrected chi connectivity index (χ3v) is 6.53. The molecule has 27 heavy (non-hydrogen) atoms. The van der Waals surface area contributed by atoms with Crippen LogP contribution in [0.4, 0.5) is 0 Å². The van der Waals surface area contributed by atoms with Crippen molar-refractivity contribution in [1.82, 2.24) is 9.21 Å². The first-order valence-corrected chi connectivity index (χ1v) is 10.4. The van der Waals surface area contributed by atoms with Crippen molar-refractivity contribution in [2.45, 2.75) is 24.8 Å². The van der Waals surface area contributed by atoms with Crippen LogP contribution in [0.2, 0.25) is 0 Å². The van der Waals surface area contributed by atoms with Crippen molar-refractivity contribution in [3.63, 3.8) is 0 Å². The Morgan fingerprint density at radius 3 is 2.15 bits per heavy atom. The molecule has 1 saturated heterocycles. The van der Waals surface area contributed by atoms with Crippen molar-refractivity contribution < 1.29 is 17.9 Å². The number of rotatable bonds is 5. The summed E-state index contributed by atoms with van der Waals surface area (Å²) in [6, 6.07) is 15.9. The van der Waals surface area contributed by atoms with Crippen LogP contribution in [0.15, 0.2) is 59.5 Å². The molecule has 0 aliphatic carbocycles. The molecule has 1 heterocycles. The smallest absolute Gasteiger partial charge is 0.263 e. The fourth-order valence-electron chi connectivity index (χ4n) is 3.02. The second-order valence-corrected chi connectivity index (χ2v) is 8.55. The number of carbonyl (C=O) groups is 1. The van der Waals surface area contributed by atoms with Crippen molar-refractivity contribution in [1.29, 1.82) is 0 Å². The quantitative estimate of drug-likeness (QED) is 0.788. The molecule has 0 N–H and O–H groups in total. The monoisotopic (exact) mass is 388 g/mol. The zero-order chi connectivity index (χ0) is 19.4. The minimum Gasteiger partial charge on any atom is -0.481 e. The fourth-order valence-corrected chi connectivity index (χ4v) is 4.46. The maximum absolute atomic E-state index is 12.7. The molecule has 3 rings (SSSR count). The number of sulfonamides is 1. The van der Waals surface area contributed by atoms with E-state index in [-0.39, 0.29) is 23.9 Å². The Kier molecular flexibility index (Phi) is 5.82. The van der Waals surface area contributed by atoms with Crippen LogP contribution in [0.25, 0.3) is 0 Å². The maximum Gasteiger partial charge on any atom is 0.263 e. The first-order chi connectivity index (χ1) is 12.9. The van der Waals surface area contributed by atoms with E-state index in [1.165, 1.54) is 4.31 Å². The van der Waals surface area contributed by atoms with Crippen molar-refractivity contribution in [3.8, 4) is 5.75 Å². The summed E-state index contributed by atoms with van der Waals surface area (Å²) in [5.41, 5.74) is 1.12. The maximum atomic E-state index is 12.7. The zero-order valence-corrected chi connectivity index (χ0v) is 16.4. The largest absolute Gasteiger partial charge is 0.481 e. The average molecular weight is 388 g/mol. The molecule has 0 bridgehead atoms. The van der Waals surface area contributed by atoms with E-state index in [1.807, 2.05) is 31.2 Å². The highest BCUT2D eigenvalue weighted by Gasteiger charge is 2.31. The highest BCUT2D eigenvalue weighted by molar-refractivity contribution is 7.89. The van der Waals surface area contributed by atoms with Crippen molar-refractivity contribution in [2.75, 3.05) is 26.2 Å². The van der Waals surface area contributed by atoms with Gasteiger partial charge in [-0.1, -0.05) is 35.9 Å². The molecule has 6 nitrogen and oxygen atoms in total. The molecule has 2 aromatic rings. The molecule has 0 spiro atoms. The Hall–Kier alpha value is -2.38. The van der Waals surface area contributed by atoms with Gasteiger partial charge in [-0.15, -0.1) is 0 Å². The number of carbonyl (C=O) groups excluding carboxylic acids is 1. The number of nitrogens with zero attached hydrogens (tertiary/aromatic N) is 2. The SMILES string of the molecule is Cc1ccc(OC(C)C(=O)N2CCN(S(=O)(=O)c3ccccc3)CC2)cc1. The van der Waals surface area contributed by atoms with Gasteiger partial charge in [0.15, 0.2) is 6.10 Å². The molecule has 144 valence electrons. The zero-order valence-electron chi connectivity index (χ0n) is 15.5. The molecule has 1 aliphatic heterocycles. The number of amides is 1. The summed E-state index contributed by atoms with van der Waals surface area (Å²) in [6.45, 7) is 4.97. The van der Waals surface area contributed by atoms with Crippen LogP contribution in [0.1, 0.15) is 12.5 Å². The Morgan fingerprint density at radius 2 is 1.56 bits per heavy atom. The fraction of sp³-hybridized carbons (Fsp3) is 0.350. The van der Waals surface area contributed by atoms with Crippen molar-refractivity contribution in [2.24, 2.45) is 0 Å². The summed E-state index contributed by atoms with van der Waals surface area (Å²) in [7, 11) is -3.52. The van der Waals surface area contributed by atoms with Gasteiger partial charge in [0.25, 0.3) is 5.91 Å². The van der Waals surface area contributed by atoms with Gasteiger partial charge in [-0.25, -0.2) is 8.42 Å². The Labute approximate surface area is 160 Å². The Balaban J connectivity index is 1.58. The summed E-state index contributed by atoms with van der Waals surface area (Å²) < 4.78 is 32.5. The first-order valence-electron chi connectivity index (χ1n) is 8.95. The molecule has 1 fully saturated rings. The molecule has 1 aliphatic rings. The Bertz CT molecular complexity index is 874. The van der Waals surface area contributed by atoms with Crippen LogP contribution in [0.5, 0.6) is 5.75 Å². The predicted molar refractivity (Wildman–Crippen MR) is 103 cm³/mol. The third-order valence-electron chi connectivity index (χ3n) is 4.61. The van der Waals surface area contributed by atoms with Crippen molar-refractivity contribution in [3.05, 3.63) is 60.2 Å². The molecule has 0 aromatic heterocycles. The highest BCUT2D eigenvalue weighted by Crippen LogP contribution is 2.19. The van der Waals surface area contributed by atoms with Crippen LogP contribution >= 0.6 is 0 Å². The van der Waals surface area contributed by atoms with Gasteiger partial charge in [-0.05, 0) is 38.1 Å². The van der Waals surface area contributed by atoms with Gasteiger partial charge in [0, 0.05) is 26.2 Å². The van der Waals surface area contributed by atoms with Gasteiger partial charge in [0.2, 0.25) is 10.0 Å². The third kappa shape index (κ3) is 4.48. The van der Waals surface area contributed by atoms with Gasteiger partial charge in [0.05, 0.1) is 4.90 Å². The topological polar surface area (TPSA) is 66.9 Å². The van der Waals surface area contributed by atoms with Gasteiger partial charge in [0.1, 0.15) is 5.75 Å². The van der Waals surface area contributed by atoms with Crippen LogP contribution in [-0.2, 0) is 14.8 Å². The standard InChI is InChI=1S/C20H24N2O4S/c1-16-8-10-18(11-9-16)26-17(2)20(23)21-12-14-22(15-13-21)27(24,25)19-6-4-3-5-7-19/h3-11,17H,12-15H2,1-2H3. The molecule has 2 aromatic carbocycles. The van der Waals surface area contributed by atoms with E-state index in [0.29, 0.717) is 18.8 Å². The molecule has 7 heteroatoms. The van der Waals surface area contributed by atoms with E-state index in [1.54, 1.807) is 42.2 Å². The van der Waals surface area contributed by atoms with Gasteiger partial charge >= 0.3 is 0 Å². The van der Waals surface area contributed by atoms with Crippen LogP contribution in [-0.4, -0.2) is 55.8 Å². The van der Waals surface area contributed by atoms with Gasteiger partial charge in [-0.3, -0.25) is 4.79 Å². The van der Waals surface area contributed by atoms with E-state index in [9.17, 15) is 13.2 Å². The van der Waals surface area contributed by atoms with Gasteiger partial charge < -0.3 is 9.64 Å². The highest BCUT2D eigenvalue weighted by atomic mass is 32.2. The predicted octanol–water partition coefficient (Wildman–Crippen LogP) is 2.30. The minimum atomic E-state index is -3.52. The molecule has 1 atom stereocenters. The number of benzene rings is 2. The van der Waals surface area contributed by atoms with Gasteiger partial charge in [-0.2, -0.15) is 4.31 Å². The number of piperazine rings is 1. The second kappa shape index (κ2) is 8.10. The van der Waals surface area contributed by atoms with E-state index in [0.717, 1.165) is 5.56 Å².